The Balaban J connectivity index is 1.54. The van der Waals surface area contributed by atoms with Crippen molar-refractivity contribution < 1.29 is 31.5 Å². The molecule has 6 nitrogen and oxygen atoms in total. The fourth-order valence-electron chi connectivity index (χ4n) is 4.86. The van der Waals surface area contributed by atoms with Crippen LogP contribution in [0.2, 0.25) is 0 Å². The Bertz CT molecular complexity index is 1590. The van der Waals surface area contributed by atoms with Crippen LogP contribution in [0.1, 0.15) is 34.0 Å². The molecule has 40 heavy (non-hydrogen) atoms. The minimum Gasteiger partial charge on any atom is -0.357 e. The third kappa shape index (κ3) is 5.31. The fourth-order valence-corrected chi connectivity index (χ4v) is 4.86. The normalized spacial score (nSPS) is 13.9. The summed E-state index contributed by atoms with van der Waals surface area (Å²) in [5.74, 6) is -4.57. The fraction of sp³-hybridized carbons (Fsp3) is 0.207. The van der Waals surface area contributed by atoms with Gasteiger partial charge in [0.25, 0.3) is 5.91 Å². The van der Waals surface area contributed by atoms with Crippen molar-refractivity contribution in [3.63, 3.8) is 0 Å². The second-order valence-corrected chi connectivity index (χ2v) is 9.48. The monoisotopic (exact) mass is 554 g/mol. The molecule has 2 amide bonds. The van der Waals surface area contributed by atoms with E-state index in [0.29, 0.717) is 29.9 Å². The van der Waals surface area contributed by atoms with Crippen LogP contribution < -0.4 is 5.32 Å². The third-order valence-corrected chi connectivity index (χ3v) is 6.84. The van der Waals surface area contributed by atoms with Crippen molar-refractivity contribution in [2.45, 2.75) is 25.2 Å². The molecule has 0 aliphatic carbocycles. The number of anilines is 1. The highest BCUT2D eigenvalue weighted by molar-refractivity contribution is 6.07. The minimum absolute atomic E-state index is 0.00764. The number of halogens is 5. The first-order valence-electron chi connectivity index (χ1n) is 12.4. The molecule has 3 heterocycles. The van der Waals surface area contributed by atoms with Crippen molar-refractivity contribution in [1.82, 2.24) is 14.9 Å². The molecule has 0 saturated carbocycles. The van der Waals surface area contributed by atoms with E-state index in [9.17, 15) is 27.2 Å². The molecule has 0 saturated heterocycles. The van der Waals surface area contributed by atoms with E-state index in [2.05, 4.69) is 15.3 Å². The number of aromatic amines is 1. The Morgan fingerprint density at radius 2 is 1.75 bits per heavy atom. The summed E-state index contributed by atoms with van der Waals surface area (Å²) in [6.07, 6.45) is -1.75. The van der Waals surface area contributed by atoms with E-state index in [1.165, 1.54) is 35.4 Å². The molecule has 0 fully saturated rings. The highest BCUT2D eigenvalue weighted by Crippen LogP contribution is 2.40. The van der Waals surface area contributed by atoms with Crippen LogP contribution in [-0.2, 0) is 11.2 Å². The molecule has 1 aliphatic rings. The number of nitrogens with one attached hydrogen (secondary N) is 2. The van der Waals surface area contributed by atoms with Gasteiger partial charge in [0.15, 0.2) is 0 Å². The number of hydrogen-bond acceptors (Lipinski definition) is 3. The smallest absolute Gasteiger partial charge is 0.256 e. The molecule has 206 valence electrons. The maximum atomic E-state index is 15.0. The summed E-state index contributed by atoms with van der Waals surface area (Å²) in [7, 11) is 1.62. The summed E-state index contributed by atoms with van der Waals surface area (Å²) in [5, 5.41) is 2.54. The second-order valence-electron chi connectivity index (χ2n) is 9.48. The molecule has 2 N–H and O–H groups in total. The number of carbonyl (C=O) groups is 2. The van der Waals surface area contributed by atoms with Gasteiger partial charge in [-0.15, -0.1) is 0 Å². The van der Waals surface area contributed by atoms with Crippen LogP contribution in [0.25, 0.3) is 22.4 Å². The number of benzene rings is 2. The number of fused-ring (bicyclic) bond motifs is 1. The molecule has 11 heteroatoms. The first-order chi connectivity index (χ1) is 19.1. The molecule has 2 aromatic carbocycles. The average Bonchev–Trinajstić information content (AvgIpc) is 3.30. The molecule has 1 aliphatic heterocycles. The number of aromatic nitrogens is 2. The van der Waals surface area contributed by atoms with Gasteiger partial charge >= 0.3 is 0 Å². The van der Waals surface area contributed by atoms with Crippen LogP contribution in [0.5, 0.6) is 0 Å². The number of carbonyl (C=O) groups excluding carboxylic acids is 2. The van der Waals surface area contributed by atoms with Gasteiger partial charge in [-0.05, 0) is 42.0 Å². The Labute approximate surface area is 225 Å². The standard InChI is InChI=1S/C29H23F5N4O2/c1-38-11-9-22-26(29(38)40)25(19-7-6-18(31)13-21(19)32)27(36-22)16-8-10-35-24(12-16)37-28(39)20(14-23(33)34)15-2-4-17(30)5-3-15/h2-8,10,12-13,20,23,36H,9,11,14H2,1H3,(H,35,37,39)/t20-/m0/s1. The lowest BCUT2D eigenvalue weighted by molar-refractivity contribution is -0.118. The van der Waals surface area contributed by atoms with E-state index in [1.54, 1.807) is 13.1 Å². The van der Waals surface area contributed by atoms with Crippen molar-refractivity contribution in [1.29, 1.82) is 0 Å². The van der Waals surface area contributed by atoms with E-state index >= 15 is 4.39 Å². The van der Waals surface area contributed by atoms with Crippen LogP contribution >= 0.6 is 0 Å². The molecule has 0 unspecified atom stereocenters. The van der Waals surface area contributed by atoms with Crippen LogP contribution in [0.4, 0.5) is 27.8 Å². The Hall–Kier alpha value is -4.54. The zero-order valence-electron chi connectivity index (χ0n) is 21.2. The number of likely N-dealkylation sites (N-methyl/N-ethyl adjacent to an activating group) is 1. The van der Waals surface area contributed by atoms with Gasteiger partial charge in [0, 0.05) is 61.1 Å². The maximum Gasteiger partial charge on any atom is 0.256 e. The Morgan fingerprint density at radius 1 is 1.02 bits per heavy atom. The summed E-state index contributed by atoms with van der Waals surface area (Å²) in [5.41, 5.74) is 2.05. The Kier molecular flexibility index (Phi) is 7.38. The molecular formula is C29H23F5N4O2. The summed E-state index contributed by atoms with van der Waals surface area (Å²) < 4.78 is 68.7. The largest absolute Gasteiger partial charge is 0.357 e. The number of amides is 2. The molecular weight excluding hydrogens is 531 g/mol. The van der Waals surface area contributed by atoms with Crippen LogP contribution in [0, 0.1) is 17.5 Å². The first kappa shape index (κ1) is 27.0. The summed E-state index contributed by atoms with van der Waals surface area (Å²) in [6, 6.07) is 10.8. The lowest BCUT2D eigenvalue weighted by atomic mass is 9.94. The maximum absolute atomic E-state index is 15.0. The number of nitrogens with zero attached hydrogens (tertiary/aromatic N) is 2. The van der Waals surface area contributed by atoms with Gasteiger partial charge in [0.2, 0.25) is 12.3 Å². The predicted molar refractivity (Wildman–Crippen MR) is 138 cm³/mol. The molecule has 0 spiro atoms. The summed E-state index contributed by atoms with van der Waals surface area (Å²) in [6.45, 7) is 0.434. The quantitative estimate of drug-likeness (QED) is 0.269. The van der Waals surface area contributed by atoms with Crippen molar-refractivity contribution in [3.05, 3.63) is 95.1 Å². The SMILES string of the molecule is CN1CCc2[nH]c(-c3ccnc(NC(=O)[C@@H](CC(F)F)c4ccc(F)cc4)c3)c(-c3ccc(F)cc3F)c2C1=O. The summed E-state index contributed by atoms with van der Waals surface area (Å²) in [4.78, 5) is 35.0. The first-order valence-corrected chi connectivity index (χ1v) is 12.4. The zero-order chi connectivity index (χ0) is 28.6. The van der Waals surface area contributed by atoms with E-state index in [1.807, 2.05) is 0 Å². The molecule has 5 rings (SSSR count). The van der Waals surface area contributed by atoms with Crippen LogP contribution in [-0.4, -0.2) is 46.7 Å². The summed E-state index contributed by atoms with van der Waals surface area (Å²) >= 11 is 0. The van der Waals surface area contributed by atoms with Gasteiger partial charge in [-0.3, -0.25) is 9.59 Å². The van der Waals surface area contributed by atoms with Crippen molar-refractivity contribution in [2.75, 3.05) is 18.9 Å². The predicted octanol–water partition coefficient (Wildman–Crippen LogP) is 6.17. The minimum atomic E-state index is -2.80. The lowest BCUT2D eigenvalue weighted by Gasteiger charge is -2.23. The van der Waals surface area contributed by atoms with Gasteiger partial charge in [-0.1, -0.05) is 12.1 Å². The molecule has 0 bridgehead atoms. The number of pyridine rings is 1. The van der Waals surface area contributed by atoms with Crippen LogP contribution in [0.3, 0.4) is 0 Å². The number of rotatable bonds is 7. The van der Waals surface area contributed by atoms with Gasteiger partial charge < -0.3 is 15.2 Å². The molecule has 1 atom stereocenters. The van der Waals surface area contributed by atoms with Crippen LogP contribution in [0.15, 0.2) is 60.8 Å². The second kappa shape index (κ2) is 10.9. The van der Waals surface area contributed by atoms with Crippen molar-refractivity contribution >= 4 is 17.6 Å². The number of hydrogen-bond donors (Lipinski definition) is 2. The van der Waals surface area contributed by atoms with Crippen molar-refractivity contribution in [3.8, 4) is 22.4 Å². The topological polar surface area (TPSA) is 78.1 Å². The highest BCUT2D eigenvalue weighted by atomic mass is 19.3. The number of alkyl halides is 2. The van der Waals surface area contributed by atoms with Gasteiger partial charge in [-0.25, -0.2) is 26.9 Å². The number of H-pyrrole nitrogens is 1. The third-order valence-electron chi connectivity index (χ3n) is 6.84. The molecule has 2 aromatic heterocycles. The lowest BCUT2D eigenvalue weighted by Crippen LogP contribution is -2.34. The molecule has 0 radical (unpaired) electrons. The van der Waals surface area contributed by atoms with E-state index < -0.39 is 42.1 Å². The van der Waals surface area contributed by atoms with Gasteiger partial charge in [0.05, 0.1) is 17.2 Å². The highest BCUT2D eigenvalue weighted by Gasteiger charge is 2.32. The average molecular weight is 555 g/mol. The van der Waals surface area contributed by atoms with Crippen molar-refractivity contribution in [2.24, 2.45) is 0 Å². The zero-order valence-corrected chi connectivity index (χ0v) is 21.2. The van der Waals surface area contributed by atoms with E-state index in [-0.39, 0.29) is 34.0 Å². The molecule has 4 aromatic rings. The van der Waals surface area contributed by atoms with E-state index in [4.69, 9.17) is 0 Å². The van der Waals surface area contributed by atoms with E-state index in [0.717, 1.165) is 24.3 Å². The van der Waals surface area contributed by atoms with Gasteiger partial charge in [0.1, 0.15) is 23.3 Å². The van der Waals surface area contributed by atoms with Gasteiger partial charge in [-0.2, -0.15) is 0 Å². The Morgan fingerprint density at radius 3 is 2.45 bits per heavy atom.